The third-order valence-electron chi connectivity index (χ3n) is 4.20. The molecular weight excluding hydrogens is 224 g/mol. The number of piperidine rings is 1. The predicted molar refractivity (Wildman–Crippen MR) is 62.6 cm³/mol. The molecule has 2 unspecified atom stereocenters. The van der Waals surface area contributed by atoms with Crippen molar-refractivity contribution in [1.29, 1.82) is 0 Å². The molecule has 1 aliphatic carbocycles. The highest BCUT2D eigenvalue weighted by Crippen LogP contribution is 2.33. The quantitative estimate of drug-likeness (QED) is 0.775. The number of hydrogen-bond donors (Lipinski definition) is 1. The first-order valence-electron chi connectivity index (χ1n) is 6.34. The maximum absolute atomic E-state index is 12.1. The van der Waals surface area contributed by atoms with Crippen LogP contribution in [0, 0.1) is 17.8 Å². The van der Waals surface area contributed by atoms with Crippen LogP contribution in [0.5, 0.6) is 0 Å². The van der Waals surface area contributed by atoms with Crippen molar-refractivity contribution in [2.24, 2.45) is 17.8 Å². The monoisotopic (exact) mass is 244 g/mol. The molecule has 0 aromatic rings. The standard InChI is InChI=1S/C11H20N2O2S/c14-16(15,8-9-1-2-9)13-4-3-10-5-12-6-11(10)7-13/h9-12H,1-8H2. The Balaban J connectivity index is 1.66. The molecule has 2 heterocycles. The molecule has 1 N–H and O–H groups in total. The zero-order valence-electron chi connectivity index (χ0n) is 9.56. The summed E-state index contributed by atoms with van der Waals surface area (Å²) in [5, 5.41) is 3.37. The van der Waals surface area contributed by atoms with Gasteiger partial charge >= 0.3 is 0 Å². The Morgan fingerprint density at radius 1 is 1.12 bits per heavy atom. The fourth-order valence-electron chi connectivity index (χ4n) is 2.94. The normalized spacial score (nSPS) is 36.2. The minimum atomic E-state index is -2.95. The molecule has 0 bridgehead atoms. The van der Waals surface area contributed by atoms with Gasteiger partial charge in [0, 0.05) is 13.1 Å². The maximum atomic E-state index is 12.1. The Labute approximate surface area is 97.4 Å². The molecule has 2 atom stereocenters. The zero-order chi connectivity index (χ0) is 11.2. The van der Waals surface area contributed by atoms with Gasteiger partial charge < -0.3 is 5.32 Å². The van der Waals surface area contributed by atoms with E-state index in [-0.39, 0.29) is 0 Å². The van der Waals surface area contributed by atoms with Crippen molar-refractivity contribution in [3.05, 3.63) is 0 Å². The highest BCUT2D eigenvalue weighted by Gasteiger charge is 2.39. The number of nitrogens with zero attached hydrogens (tertiary/aromatic N) is 1. The van der Waals surface area contributed by atoms with Crippen LogP contribution >= 0.6 is 0 Å². The van der Waals surface area contributed by atoms with E-state index in [1.807, 2.05) is 0 Å². The van der Waals surface area contributed by atoms with Gasteiger partial charge in [0.25, 0.3) is 0 Å². The number of sulfonamides is 1. The number of nitrogens with one attached hydrogen (secondary N) is 1. The molecule has 0 aromatic heterocycles. The van der Waals surface area contributed by atoms with Crippen molar-refractivity contribution < 1.29 is 8.42 Å². The Morgan fingerprint density at radius 2 is 1.88 bits per heavy atom. The molecule has 0 amide bonds. The Morgan fingerprint density at radius 3 is 2.62 bits per heavy atom. The molecule has 3 aliphatic rings. The minimum Gasteiger partial charge on any atom is -0.316 e. The summed E-state index contributed by atoms with van der Waals surface area (Å²) in [7, 11) is -2.95. The van der Waals surface area contributed by atoms with Gasteiger partial charge in [-0.15, -0.1) is 0 Å². The highest BCUT2D eigenvalue weighted by atomic mass is 32.2. The fourth-order valence-corrected chi connectivity index (χ4v) is 4.88. The Kier molecular flexibility index (Phi) is 2.72. The summed E-state index contributed by atoms with van der Waals surface area (Å²) >= 11 is 0. The summed E-state index contributed by atoms with van der Waals surface area (Å²) in [6.07, 6.45) is 3.27. The van der Waals surface area contributed by atoms with Crippen LogP contribution in [0.2, 0.25) is 0 Å². The molecule has 0 spiro atoms. The summed E-state index contributed by atoms with van der Waals surface area (Å²) in [6.45, 7) is 3.59. The second kappa shape index (κ2) is 3.96. The van der Waals surface area contributed by atoms with Gasteiger partial charge in [0.1, 0.15) is 0 Å². The molecule has 0 aromatic carbocycles. The lowest BCUT2D eigenvalue weighted by atomic mass is 9.90. The second-order valence-electron chi connectivity index (χ2n) is 5.55. The average molecular weight is 244 g/mol. The molecule has 16 heavy (non-hydrogen) atoms. The Hall–Kier alpha value is -0.130. The van der Waals surface area contributed by atoms with Crippen molar-refractivity contribution in [1.82, 2.24) is 9.62 Å². The first-order valence-corrected chi connectivity index (χ1v) is 7.94. The fraction of sp³-hybridized carbons (Fsp3) is 1.00. The molecule has 92 valence electrons. The van der Waals surface area contributed by atoms with E-state index in [1.54, 1.807) is 4.31 Å². The molecule has 1 saturated carbocycles. The SMILES string of the molecule is O=S(=O)(CC1CC1)N1CCC2CNCC2C1. The molecule has 0 radical (unpaired) electrons. The van der Waals surface area contributed by atoms with Gasteiger partial charge in [0.15, 0.2) is 0 Å². The molecule has 3 fully saturated rings. The van der Waals surface area contributed by atoms with Crippen LogP contribution in [0.3, 0.4) is 0 Å². The molecule has 2 saturated heterocycles. The molecular formula is C11H20N2O2S. The first-order chi connectivity index (χ1) is 7.65. The summed E-state index contributed by atoms with van der Waals surface area (Å²) < 4.78 is 26.0. The minimum absolute atomic E-state index is 0.401. The van der Waals surface area contributed by atoms with Gasteiger partial charge in [-0.25, -0.2) is 12.7 Å². The van der Waals surface area contributed by atoms with Crippen LogP contribution in [0.15, 0.2) is 0 Å². The van der Waals surface area contributed by atoms with Crippen molar-refractivity contribution >= 4 is 10.0 Å². The van der Waals surface area contributed by atoms with Gasteiger partial charge in [-0.3, -0.25) is 0 Å². The van der Waals surface area contributed by atoms with Crippen molar-refractivity contribution in [2.75, 3.05) is 31.9 Å². The predicted octanol–water partition coefficient (Wildman–Crippen LogP) is 0.268. The first kappa shape index (κ1) is 11.0. The smallest absolute Gasteiger partial charge is 0.214 e. The van der Waals surface area contributed by atoms with E-state index in [4.69, 9.17) is 0 Å². The van der Waals surface area contributed by atoms with Gasteiger partial charge in [-0.2, -0.15) is 0 Å². The van der Waals surface area contributed by atoms with Crippen molar-refractivity contribution in [2.45, 2.75) is 19.3 Å². The van der Waals surface area contributed by atoms with Crippen molar-refractivity contribution in [3.63, 3.8) is 0 Å². The number of hydrogen-bond acceptors (Lipinski definition) is 3. The number of fused-ring (bicyclic) bond motifs is 1. The number of rotatable bonds is 3. The molecule has 3 rings (SSSR count). The van der Waals surface area contributed by atoms with Crippen LogP contribution in [-0.4, -0.2) is 44.7 Å². The van der Waals surface area contributed by atoms with Crippen molar-refractivity contribution in [3.8, 4) is 0 Å². The third kappa shape index (κ3) is 2.13. The van der Waals surface area contributed by atoms with Gasteiger partial charge in [0.2, 0.25) is 10.0 Å². The summed E-state index contributed by atoms with van der Waals surface area (Å²) in [6, 6.07) is 0. The van der Waals surface area contributed by atoms with E-state index >= 15 is 0 Å². The van der Waals surface area contributed by atoms with Gasteiger partial charge in [-0.1, -0.05) is 0 Å². The largest absolute Gasteiger partial charge is 0.316 e. The van der Waals surface area contributed by atoms with E-state index in [2.05, 4.69) is 5.32 Å². The summed E-state index contributed by atoms with van der Waals surface area (Å²) in [5.41, 5.74) is 0. The average Bonchev–Trinajstić information content (AvgIpc) is 2.93. The van der Waals surface area contributed by atoms with Gasteiger partial charge in [-0.05, 0) is 50.1 Å². The van der Waals surface area contributed by atoms with E-state index in [0.717, 1.165) is 45.4 Å². The van der Waals surface area contributed by atoms with E-state index in [9.17, 15) is 8.42 Å². The lowest BCUT2D eigenvalue weighted by molar-refractivity contribution is 0.227. The second-order valence-corrected chi connectivity index (χ2v) is 7.56. The van der Waals surface area contributed by atoms with Crippen LogP contribution in [0.4, 0.5) is 0 Å². The van der Waals surface area contributed by atoms with E-state index < -0.39 is 10.0 Å². The third-order valence-corrected chi connectivity index (χ3v) is 6.21. The highest BCUT2D eigenvalue weighted by molar-refractivity contribution is 7.89. The summed E-state index contributed by atoms with van der Waals surface area (Å²) in [4.78, 5) is 0. The lowest BCUT2D eigenvalue weighted by Crippen LogP contribution is -2.44. The lowest BCUT2D eigenvalue weighted by Gasteiger charge is -2.33. The molecule has 4 nitrogen and oxygen atoms in total. The molecule has 2 aliphatic heterocycles. The van der Waals surface area contributed by atoms with Crippen LogP contribution in [0.1, 0.15) is 19.3 Å². The topological polar surface area (TPSA) is 49.4 Å². The van der Waals surface area contributed by atoms with E-state index in [0.29, 0.717) is 23.5 Å². The molecule has 5 heteroatoms. The van der Waals surface area contributed by atoms with Crippen LogP contribution in [0.25, 0.3) is 0 Å². The van der Waals surface area contributed by atoms with Crippen LogP contribution in [-0.2, 0) is 10.0 Å². The maximum Gasteiger partial charge on any atom is 0.214 e. The van der Waals surface area contributed by atoms with Gasteiger partial charge in [0.05, 0.1) is 5.75 Å². The zero-order valence-corrected chi connectivity index (χ0v) is 10.4. The van der Waals surface area contributed by atoms with Crippen LogP contribution < -0.4 is 5.32 Å². The van der Waals surface area contributed by atoms with E-state index in [1.165, 1.54) is 0 Å². The Bertz CT molecular complexity index is 364. The summed E-state index contributed by atoms with van der Waals surface area (Å²) in [5.74, 6) is 2.14.